The molecule has 3 aromatic carbocycles. The van der Waals surface area contributed by atoms with Gasteiger partial charge in [-0.15, -0.1) is 0 Å². The van der Waals surface area contributed by atoms with E-state index in [1.54, 1.807) is 4.90 Å². The van der Waals surface area contributed by atoms with Gasteiger partial charge in [0.2, 0.25) is 0 Å². The minimum atomic E-state index is -1.03. The number of carbonyl (C=O) groups excluding carboxylic acids is 2. The van der Waals surface area contributed by atoms with Crippen LogP contribution in [0.25, 0.3) is 11.1 Å². The van der Waals surface area contributed by atoms with Crippen LogP contribution in [0.2, 0.25) is 0 Å². The van der Waals surface area contributed by atoms with Gasteiger partial charge in [0.05, 0.1) is 6.42 Å². The minimum Gasteiger partial charge on any atom is -0.481 e. The average Bonchev–Trinajstić information content (AvgIpc) is 3.28. The van der Waals surface area contributed by atoms with E-state index in [9.17, 15) is 19.5 Å². The fourth-order valence-corrected chi connectivity index (χ4v) is 5.63. The van der Waals surface area contributed by atoms with Crippen molar-refractivity contribution in [3.05, 3.63) is 95.6 Å². The molecule has 1 heterocycles. The fraction of sp³-hybridized carbons (Fsp3) is 0.323. The third kappa shape index (κ3) is 6.22. The Morgan fingerprint density at radius 1 is 0.897 bits per heavy atom. The van der Waals surface area contributed by atoms with E-state index in [4.69, 9.17) is 9.47 Å². The first-order valence-corrected chi connectivity index (χ1v) is 13.3. The van der Waals surface area contributed by atoms with Gasteiger partial charge in [-0.2, -0.15) is 0 Å². The normalized spacial score (nSPS) is 17.0. The van der Waals surface area contributed by atoms with E-state index in [1.165, 1.54) is 0 Å². The third-order valence-electron chi connectivity index (χ3n) is 7.53. The molecule has 1 aliphatic heterocycles. The number of piperidine rings is 1. The number of carboxylic acids is 1. The highest BCUT2D eigenvalue weighted by atomic mass is 16.6. The summed E-state index contributed by atoms with van der Waals surface area (Å²) in [6.45, 7) is 1.13. The molecule has 1 fully saturated rings. The Morgan fingerprint density at radius 2 is 1.54 bits per heavy atom. The fourth-order valence-electron chi connectivity index (χ4n) is 5.63. The second kappa shape index (κ2) is 12.0. The van der Waals surface area contributed by atoms with Crippen molar-refractivity contribution in [1.29, 1.82) is 0 Å². The van der Waals surface area contributed by atoms with Crippen molar-refractivity contribution in [3.63, 3.8) is 0 Å². The summed E-state index contributed by atoms with van der Waals surface area (Å²) < 4.78 is 11.1. The number of rotatable bonds is 8. The molecule has 0 saturated carbocycles. The smallest absolute Gasteiger partial charge is 0.410 e. The number of aliphatic carboxylic acids is 1. The molecule has 202 valence electrons. The molecule has 2 atom stereocenters. The van der Waals surface area contributed by atoms with Gasteiger partial charge in [0.1, 0.15) is 13.2 Å². The lowest BCUT2D eigenvalue weighted by Crippen LogP contribution is -2.50. The van der Waals surface area contributed by atoms with Gasteiger partial charge in [-0.25, -0.2) is 9.59 Å². The van der Waals surface area contributed by atoms with Crippen molar-refractivity contribution in [2.75, 3.05) is 19.7 Å². The standard InChI is InChI=1S/C31H32N2O6/c34-29(35)17-28(22-11-8-16-33(18-22)31(37)39-19-21-9-2-1-3-10-21)32-30(36)38-20-27-25-14-6-4-12-23(25)24-13-5-7-15-26(24)27/h1-7,9-10,12-15,22,27-28H,8,11,16-20H2,(H,32,36)(H,34,35)/t22-,28+/m1/s1. The number of hydrogen-bond acceptors (Lipinski definition) is 5. The number of ether oxygens (including phenoxy) is 2. The quantitative estimate of drug-likeness (QED) is 0.405. The topological polar surface area (TPSA) is 105 Å². The van der Waals surface area contributed by atoms with Crippen LogP contribution in [0, 0.1) is 5.92 Å². The van der Waals surface area contributed by atoms with Crippen molar-refractivity contribution in [2.45, 2.75) is 37.8 Å². The number of carbonyl (C=O) groups is 3. The van der Waals surface area contributed by atoms with Gasteiger partial charge >= 0.3 is 18.2 Å². The number of amides is 2. The second-order valence-corrected chi connectivity index (χ2v) is 10.1. The molecule has 3 aromatic rings. The molecule has 1 aliphatic carbocycles. The average molecular weight is 529 g/mol. The van der Waals surface area contributed by atoms with Crippen molar-refractivity contribution in [2.24, 2.45) is 5.92 Å². The number of hydrogen-bond donors (Lipinski definition) is 2. The molecule has 0 radical (unpaired) electrons. The molecule has 5 rings (SSSR count). The van der Waals surface area contributed by atoms with Gasteiger partial charge in [0.15, 0.2) is 0 Å². The van der Waals surface area contributed by atoms with Crippen molar-refractivity contribution >= 4 is 18.2 Å². The first kappa shape index (κ1) is 26.3. The second-order valence-electron chi connectivity index (χ2n) is 10.1. The van der Waals surface area contributed by atoms with Crippen LogP contribution in [-0.2, 0) is 20.9 Å². The molecule has 0 aromatic heterocycles. The molecule has 0 unspecified atom stereocenters. The van der Waals surface area contributed by atoms with Crippen molar-refractivity contribution in [3.8, 4) is 11.1 Å². The molecule has 2 N–H and O–H groups in total. The molecular weight excluding hydrogens is 496 g/mol. The highest BCUT2D eigenvalue weighted by Crippen LogP contribution is 2.44. The van der Waals surface area contributed by atoms with Gasteiger partial charge in [-0.1, -0.05) is 78.9 Å². The van der Waals surface area contributed by atoms with E-state index in [1.807, 2.05) is 66.7 Å². The number of fused-ring (bicyclic) bond motifs is 3. The largest absolute Gasteiger partial charge is 0.481 e. The van der Waals surface area contributed by atoms with E-state index in [0.717, 1.165) is 27.8 Å². The molecule has 0 bridgehead atoms. The molecule has 8 nitrogen and oxygen atoms in total. The van der Waals surface area contributed by atoms with Crippen LogP contribution < -0.4 is 5.32 Å². The minimum absolute atomic E-state index is 0.0920. The lowest BCUT2D eigenvalue weighted by Gasteiger charge is -2.36. The van der Waals surface area contributed by atoms with Crippen LogP contribution >= 0.6 is 0 Å². The van der Waals surface area contributed by atoms with E-state index in [-0.39, 0.29) is 31.5 Å². The monoisotopic (exact) mass is 528 g/mol. The Kier molecular flexibility index (Phi) is 8.10. The lowest BCUT2D eigenvalue weighted by atomic mass is 9.89. The van der Waals surface area contributed by atoms with Gasteiger partial charge < -0.3 is 24.8 Å². The van der Waals surface area contributed by atoms with E-state index in [2.05, 4.69) is 17.4 Å². The Morgan fingerprint density at radius 3 is 2.21 bits per heavy atom. The molecule has 39 heavy (non-hydrogen) atoms. The lowest BCUT2D eigenvalue weighted by molar-refractivity contribution is -0.138. The number of alkyl carbamates (subject to hydrolysis) is 1. The summed E-state index contributed by atoms with van der Waals surface area (Å²) in [6, 6.07) is 24.9. The number of carboxylic acid groups (broad SMARTS) is 1. The van der Waals surface area contributed by atoms with E-state index in [0.29, 0.717) is 25.9 Å². The SMILES string of the molecule is O=C(O)C[C@H](NC(=O)OCC1c2ccccc2-c2ccccc21)[C@@H]1CCCN(C(=O)OCc2ccccc2)C1. The number of nitrogens with zero attached hydrogens (tertiary/aromatic N) is 1. The molecule has 8 heteroatoms. The highest BCUT2D eigenvalue weighted by molar-refractivity contribution is 5.79. The van der Waals surface area contributed by atoms with E-state index < -0.39 is 24.2 Å². The summed E-state index contributed by atoms with van der Waals surface area (Å²) in [7, 11) is 0. The molecule has 2 aliphatic rings. The van der Waals surface area contributed by atoms with Crippen LogP contribution in [0.15, 0.2) is 78.9 Å². The maximum atomic E-state index is 12.9. The van der Waals surface area contributed by atoms with Gasteiger partial charge in [0, 0.05) is 25.0 Å². The first-order valence-electron chi connectivity index (χ1n) is 13.3. The summed E-state index contributed by atoms with van der Waals surface area (Å²) in [5.41, 5.74) is 5.36. The molecule has 2 amide bonds. The van der Waals surface area contributed by atoms with Gasteiger partial charge in [-0.3, -0.25) is 4.79 Å². The van der Waals surface area contributed by atoms with Gasteiger partial charge in [0.25, 0.3) is 0 Å². The van der Waals surface area contributed by atoms with Gasteiger partial charge in [-0.05, 0) is 46.6 Å². The predicted molar refractivity (Wildman–Crippen MR) is 145 cm³/mol. The third-order valence-corrected chi connectivity index (χ3v) is 7.53. The zero-order chi connectivity index (χ0) is 27.2. The summed E-state index contributed by atoms with van der Waals surface area (Å²) in [6.07, 6.45) is 0.00467. The van der Waals surface area contributed by atoms with Crippen LogP contribution in [0.3, 0.4) is 0 Å². The summed E-state index contributed by atoms with van der Waals surface area (Å²) in [5, 5.41) is 12.3. The summed E-state index contributed by atoms with van der Waals surface area (Å²) in [4.78, 5) is 38.9. The zero-order valence-electron chi connectivity index (χ0n) is 21.6. The summed E-state index contributed by atoms with van der Waals surface area (Å²) in [5.74, 6) is -1.35. The van der Waals surface area contributed by atoms with E-state index >= 15 is 0 Å². The van der Waals surface area contributed by atoms with Crippen molar-refractivity contribution in [1.82, 2.24) is 10.2 Å². The van der Waals surface area contributed by atoms with Crippen LogP contribution in [-0.4, -0.2) is 53.9 Å². The summed E-state index contributed by atoms with van der Waals surface area (Å²) >= 11 is 0. The Balaban J connectivity index is 1.19. The molecule has 0 spiro atoms. The Hall–Kier alpha value is -4.33. The number of likely N-dealkylation sites (tertiary alicyclic amines) is 1. The number of benzene rings is 3. The maximum Gasteiger partial charge on any atom is 0.410 e. The first-order chi connectivity index (χ1) is 19.0. The maximum absolute atomic E-state index is 12.9. The predicted octanol–water partition coefficient (Wildman–Crippen LogP) is 5.42. The Bertz CT molecular complexity index is 1280. The molecule has 1 saturated heterocycles. The van der Waals surface area contributed by atoms with Crippen molar-refractivity contribution < 1.29 is 29.0 Å². The molecular formula is C31H32N2O6. The highest BCUT2D eigenvalue weighted by Gasteiger charge is 2.34. The number of nitrogens with one attached hydrogen (secondary N) is 1. The van der Waals surface area contributed by atoms with Crippen LogP contribution in [0.5, 0.6) is 0 Å². The van der Waals surface area contributed by atoms with Crippen LogP contribution in [0.4, 0.5) is 9.59 Å². The Labute approximate surface area is 227 Å². The zero-order valence-corrected chi connectivity index (χ0v) is 21.6. The van der Waals surface area contributed by atoms with Crippen LogP contribution in [0.1, 0.15) is 41.9 Å².